The van der Waals surface area contributed by atoms with Gasteiger partial charge in [-0.3, -0.25) is 4.79 Å². The molecule has 2 aliphatic rings. The predicted molar refractivity (Wildman–Crippen MR) is 110 cm³/mol. The van der Waals surface area contributed by atoms with Crippen molar-refractivity contribution in [1.82, 2.24) is 4.90 Å². The Morgan fingerprint density at radius 3 is 2.50 bits per heavy atom. The van der Waals surface area contributed by atoms with Crippen LogP contribution in [0.5, 0.6) is 11.5 Å². The SMILES string of the molecule is CCOc1cc(Br)c([C@H]2C(C#N)=C(N)N(C)C3=C2C(=O)CCC3)cc1OCC. The van der Waals surface area contributed by atoms with E-state index in [-0.39, 0.29) is 5.78 Å². The number of rotatable bonds is 5. The Labute approximate surface area is 173 Å². The highest BCUT2D eigenvalue weighted by Crippen LogP contribution is 2.48. The number of carbonyl (C=O) groups excluding carboxylic acids is 1. The number of ether oxygens (including phenoxy) is 2. The van der Waals surface area contributed by atoms with Crippen LogP contribution in [0.1, 0.15) is 44.6 Å². The predicted octanol–water partition coefficient (Wildman–Crippen LogP) is 3.98. The van der Waals surface area contributed by atoms with Crippen molar-refractivity contribution in [3.8, 4) is 17.6 Å². The zero-order valence-corrected chi connectivity index (χ0v) is 17.9. The van der Waals surface area contributed by atoms with Crippen molar-refractivity contribution in [3.63, 3.8) is 0 Å². The average Bonchev–Trinajstić information content (AvgIpc) is 2.67. The fourth-order valence-corrected chi connectivity index (χ4v) is 4.43. The monoisotopic (exact) mass is 445 g/mol. The summed E-state index contributed by atoms with van der Waals surface area (Å²) in [5.74, 6) is 1.14. The topological polar surface area (TPSA) is 88.6 Å². The van der Waals surface area contributed by atoms with E-state index in [1.54, 1.807) is 4.90 Å². The molecule has 6 nitrogen and oxygen atoms in total. The summed E-state index contributed by atoms with van der Waals surface area (Å²) in [6.45, 7) is 4.79. The van der Waals surface area contributed by atoms with Crippen LogP contribution in [-0.2, 0) is 4.79 Å². The van der Waals surface area contributed by atoms with Gasteiger partial charge in [-0.2, -0.15) is 5.26 Å². The Morgan fingerprint density at radius 1 is 1.25 bits per heavy atom. The molecule has 0 fully saturated rings. The molecule has 28 heavy (non-hydrogen) atoms. The van der Waals surface area contributed by atoms with Gasteiger partial charge in [0.05, 0.1) is 30.8 Å². The van der Waals surface area contributed by atoms with Gasteiger partial charge in [0.15, 0.2) is 17.3 Å². The van der Waals surface area contributed by atoms with Gasteiger partial charge in [0.2, 0.25) is 0 Å². The molecule has 1 aromatic rings. The van der Waals surface area contributed by atoms with Crippen molar-refractivity contribution in [2.75, 3.05) is 20.3 Å². The van der Waals surface area contributed by atoms with Crippen LogP contribution < -0.4 is 15.2 Å². The second-order valence-electron chi connectivity index (χ2n) is 6.73. The average molecular weight is 446 g/mol. The smallest absolute Gasteiger partial charge is 0.162 e. The van der Waals surface area contributed by atoms with Crippen LogP contribution in [0, 0.1) is 11.3 Å². The maximum absolute atomic E-state index is 12.9. The second kappa shape index (κ2) is 8.27. The van der Waals surface area contributed by atoms with Crippen LogP contribution in [0.25, 0.3) is 0 Å². The molecule has 0 saturated heterocycles. The number of nitriles is 1. The quantitative estimate of drug-likeness (QED) is 0.736. The molecule has 0 spiro atoms. The van der Waals surface area contributed by atoms with E-state index in [9.17, 15) is 10.1 Å². The Kier molecular flexibility index (Phi) is 5.99. The van der Waals surface area contributed by atoms with E-state index in [4.69, 9.17) is 15.2 Å². The number of halogens is 1. The van der Waals surface area contributed by atoms with Gasteiger partial charge in [-0.25, -0.2) is 0 Å². The standard InChI is InChI=1S/C21H24BrN3O3/c1-4-27-17-9-12(14(22)10-18(17)28-5-2)19-13(11-23)21(24)25(3)15-7-6-8-16(26)20(15)19/h9-10,19H,4-8,24H2,1-3H3/t19-/m0/s1. The number of benzene rings is 1. The fourth-order valence-electron chi connectivity index (χ4n) is 3.88. The molecule has 0 amide bonds. The molecule has 7 heteroatoms. The lowest BCUT2D eigenvalue weighted by atomic mass is 9.76. The van der Waals surface area contributed by atoms with Crippen LogP contribution in [0.2, 0.25) is 0 Å². The first-order valence-electron chi connectivity index (χ1n) is 9.43. The molecule has 148 valence electrons. The number of hydrogen-bond acceptors (Lipinski definition) is 6. The number of ketones is 1. The highest BCUT2D eigenvalue weighted by Gasteiger charge is 2.39. The van der Waals surface area contributed by atoms with Crippen LogP contribution in [0.3, 0.4) is 0 Å². The molecule has 0 radical (unpaired) electrons. The Bertz CT molecular complexity index is 914. The van der Waals surface area contributed by atoms with E-state index in [1.165, 1.54) is 0 Å². The molecular weight excluding hydrogens is 422 g/mol. The van der Waals surface area contributed by atoms with Gasteiger partial charge < -0.3 is 20.1 Å². The van der Waals surface area contributed by atoms with Crippen molar-refractivity contribution >= 4 is 21.7 Å². The molecule has 0 bridgehead atoms. The molecule has 0 saturated carbocycles. The number of nitrogens with two attached hydrogens (primary N) is 1. The number of hydrogen-bond donors (Lipinski definition) is 1. The summed E-state index contributed by atoms with van der Waals surface area (Å²) in [5.41, 5.74) is 9.02. The van der Waals surface area contributed by atoms with E-state index < -0.39 is 5.92 Å². The van der Waals surface area contributed by atoms with Crippen LogP contribution in [-0.4, -0.2) is 30.9 Å². The van der Waals surface area contributed by atoms with Crippen LogP contribution in [0.15, 0.2) is 39.3 Å². The molecule has 0 unspecified atom stereocenters. The zero-order chi connectivity index (χ0) is 20.4. The Balaban J connectivity index is 2.24. The second-order valence-corrected chi connectivity index (χ2v) is 7.58. The van der Waals surface area contributed by atoms with Gasteiger partial charge in [-0.15, -0.1) is 0 Å². The molecule has 1 aliphatic carbocycles. The largest absolute Gasteiger partial charge is 0.490 e. The number of allylic oxidation sites excluding steroid dienone is 3. The number of carbonyl (C=O) groups is 1. The van der Waals surface area contributed by atoms with Crippen molar-refractivity contribution in [1.29, 1.82) is 5.26 Å². The number of nitrogens with zero attached hydrogens (tertiary/aromatic N) is 2. The normalized spacial score (nSPS) is 19.5. The summed E-state index contributed by atoms with van der Waals surface area (Å²) in [4.78, 5) is 14.7. The summed E-state index contributed by atoms with van der Waals surface area (Å²) in [5, 5.41) is 9.87. The molecular formula is C21H24BrN3O3. The van der Waals surface area contributed by atoms with Crippen LogP contribution in [0.4, 0.5) is 0 Å². The fraction of sp³-hybridized carbons (Fsp3) is 0.429. The lowest BCUT2D eigenvalue weighted by Crippen LogP contribution is -2.36. The molecule has 1 aliphatic heterocycles. The summed E-state index contributed by atoms with van der Waals surface area (Å²) >= 11 is 3.61. The maximum Gasteiger partial charge on any atom is 0.162 e. The van der Waals surface area contributed by atoms with Crippen molar-refractivity contribution in [3.05, 3.63) is 44.8 Å². The third-order valence-corrected chi connectivity index (χ3v) is 5.83. The summed E-state index contributed by atoms with van der Waals surface area (Å²) in [6, 6.07) is 5.93. The van der Waals surface area contributed by atoms with E-state index in [0.29, 0.717) is 48.1 Å². The summed E-state index contributed by atoms with van der Waals surface area (Å²) in [6.07, 6.45) is 2.04. The zero-order valence-electron chi connectivity index (χ0n) is 16.3. The summed E-state index contributed by atoms with van der Waals surface area (Å²) in [7, 11) is 1.82. The van der Waals surface area contributed by atoms with E-state index in [0.717, 1.165) is 28.6 Å². The van der Waals surface area contributed by atoms with E-state index in [2.05, 4.69) is 22.0 Å². The van der Waals surface area contributed by atoms with Gasteiger partial charge in [-0.1, -0.05) is 15.9 Å². The van der Waals surface area contributed by atoms with Crippen molar-refractivity contribution in [2.45, 2.75) is 39.0 Å². The van der Waals surface area contributed by atoms with Gasteiger partial charge >= 0.3 is 0 Å². The molecule has 0 aromatic heterocycles. The molecule has 1 heterocycles. The van der Waals surface area contributed by atoms with Crippen molar-refractivity contribution < 1.29 is 14.3 Å². The lowest BCUT2D eigenvalue weighted by molar-refractivity contribution is -0.116. The highest BCUT2D eigenvalue weighted by atomic mass is 79.9. The summed E-state index contributed by atoms with van der Waals surface area (Å²) < 4.78 is 12.2. The first-order valence-corrected chi connectivity index (χ1v) is 10.2. The van der Waals surface area contributed by atoms with E-state index >= 15 is 0 Å². The molecule has 2 N–H and O–H groups in total. The molecule has 1 atom stereocenters. The van der Waals surface area contributed by atoms with Gasteiger partial charge in [0.25, 0.3) is 0 Å². The minimum absolute atomic E-state index is 0.0668. The lowest BCUT2D eigenvalue weighted by Gasteiger charge is -2.38. The van der Waals surface area contributed by atoms with Crippen LogP contribution >= 0.6 is 15.9 Å². The van der Waals surface area contributed by atoms with Gasteiger partial charge in [0.1, 0.15) is 5.82 Å². The van der Waals surface area contributed by atoms with Crippen molar-refractivity contribution in [2.24, 2.45) is 5.73 Å². The third kappa shape index (κ3) is 3.37. The Morgan fingerprint density at radius 2 is 1.89 bits per heavy atom. The van der Waals surface area contributed by atoms with Gasteiger partial charge in [-0.05, 0) is 44.4 Å². The first kappa shape index (κ1) is 20.3. The Hall–Kier alpha value is -2.46. The maximum atomic E-state index is 12.9. The highest BCUT2D eigenvalue weighted by molar-refractivity contribution is 9.10. The van der Waals surface area contributed by atoms with E-state index in [1.807, 2.05) is 33.0 Å². The molecule has 1 aromatic carbocycles. The minimum Gasteiger partial charge on any atom is -0.490 e. The third-order valence-electron chi connectivity index (χ3n) is 5.14. The number of Topliss-reactive ketones (excluding diaryl/α,β-unsaturated/α-hetero) is 1. The van der Waals surface area contributed by atoms with Gasteiger partial charge in [0, 0.05) is 29.2 Å². The first-order chi connectivity index (χ1) is 13.4. The molecule has 3 rings (SSSR count). The minimum atomic E-state index is -0.520.